The van der Waals surface area contributed by atoms with Crippen molar-refractivity contribution in [1.82, 2.24) is 4.90 Å². The highest BCUT2D eigenvalue weighted by atomic mass is 19.1. The van der Waals surface area contributed by atoms with E-state index >= 15 is 0 Å². The predicted molar refractivity (Wildman–Crippen MR) is 42.1 cm³/mol. The maximum absolute atomic E-state index is 13.4. The number of nitrogens with zero attached hydrogens (tertiary/aromatic N) is 1. The van der Waals surface area contributed by atoms with Gasteiger partial charge in [-0.2, -0.15) is 0 Å². The van der Waals surface area contributed by atoms with Gasteiger partial charge in [0.1, 0.15) is 6.17 Å². The molecule has 2 aliphatic heterocycles. The fraction of sp³-hybridized carbons (Fsp3) is 1.00. The van der Waals surface area contributed by atoms with Gasteiger partial charge >= 0.3 is 0 Å². The lowest BCUT2D eigenvalue weighted by Crippen LogP contribution is -2.53. The van der Waals surface area contributed by atoms with Gasteiger partial charge in [-0.15, -0.1) is 0 Å². The van der Waals surface area contributed by atoms with E-state index < -0.39 is 6.17 Å². The lowest BCUT2D eigenvalue weighted by molar-refractivity contribution is 0.0721. The minimum Gasteiger partial charge on any atom is -0.325 e. The second-order valence-corrected chi connectivity index (χ2v) is 3.81. The summed E-state index contributed by atoms with van der Waals surface area (Å²) in [6.07, 6.45) is 2.18. The summed E-state index contributed by atoms with van der Waals surface area (Å²) in [6, 6.07) is 0.467. The van der Waals surface area contributed by atoms with Crippen LogP contribution in [-0.2, 0) is 0 Å². The molecule has 0 aliphatic carbocycles. The van der Waals surface area contributed by atoms with Crippen LogP contribution in [-0.4, -0.2) is 36.2 Å². The second-order valence-electron chi connectivity index (χ2n) is 3.81. The fourth-order valence-corrected chi connectivity index (χ4v) is 2.44. The van der Waals surface area contributed by atoms with Crippen LogP contribution in [0.3, 0.4) is 0 Å². The molecule has 11 heavy (non-hydrogen) atoms. The first-order valence-electron chi connectivity index (χ1n) is 4.31. The lowest BCUT2D eigenvalue weighted by atomic mass is 9.97. The first-order valence-corrected chi connectivity index (χ1v) is 4.31. The number of fused-ring (bicyclic) bond motifs is 2. The number of nitrogens with two attached hydrogens (primary N) is 1. The molecule has 0 saturated carbocycles. The predicted octanol–water partition coefficient (Wildman–Crippen LogP) is 0.518. The highest BCUT2D eigenvalue weighted by molar-refractivity contribution is 5.00. The molecule has 2 nitrogen and oxygen atoms in total. The van der Waals surface area contributed by atoms with Crippen LogP contribution >= 0.6 is 0 Å². The minimum atomic E-state index is -0.793. The molecule has 0 aromatic carbocycles. The van der Waals surface area contributed by atoms with E-state index in [2.05, 4.69) is 4.90 Å². The van der Waals surface area contributed by atoms with Crippen LogP contribution in [0.15, 0.2) is 0 Å². The van der Waals surface area contributed by atoms with Gasteiger partial charge in [0.25, 0.3) is 0 Å². The lowest BCUT2D eigenvalue weighted by Gasteiger charge is -2.37. The monoisotopic (exact) mass is 158 g/mol. The summed E-state index contributed by atoms with van der Waals surface area (Å²) in [7, 11) is 2.01. The molecule has 2 rings (SSSR count). The van der Waals surface area contributed by atoms with Gasteiger partial charge in [-0.25, -0.2) is 4.39 Å². The number of hydrogen-bond donors (Lipinski definition) is 1. The molecule has 2 saturated heterocycles. The Kier molecular flexibility index (Phi) is 1.65. The Morgan fingerprint density at radius 3 is 2.91 bits per heavy atom. The number of hydrogen-bond acceptors (Lipinski definition) is 2. The maximum atomic E-state index is 13.4. The Hall–Kier alpha value is -0.150. The Balaban J connectivity index is 2.16. The van der Waals surface area contributed by atoms with E-state index in [1.165, 1.54) is 0 Å². The average molecular weight is 158 g/mol. The van der Waals surface area contributed by atoms with Crippen molar-refractivity contribution in [3.05, 3.63) is 0 Å². The zero-order valence-corrected chi connectivity index (χ0v) is 6.83. The van der Waals surface area contributed by atoms with Gasteiger partial charge < -0.3 is 5.73 Å². The third kappa shape index (κ3) is 0.983. The number of piperidine rings is 1. The Bertz CT molecular complexity index is 162. The normalized spacial score (nSPS) is 51.5. The number of rotatable bonds is 0. The molecule has 4 atom stereocenters. The van der Waals surface area contributed by atoms with Crippen LogP contribution in [0.25, 0.3) is 0 Å². The molecule has 0 radical (unpaired) electrons. The van der Waals surface area contributed by atoms with Crippen molar-refractivity contribution < 1.29 is 4.39 Å². The molecule has 2 fully saturated rings. The van der Waals surface area contributed by atoms with Crippen LogP contribution < -0.4 is 5.73 Å². The number of halogens is 1. The van der Waals surface area contributed by atoms with Gasteiger partial charge in [-0.1, -0.05) is 0 Å². The van der Waals surface area contributed by atoms with Gasteiger partial charge in [0.15, 0.2) is 0 Å². The van der Waals surface area contributed by atoms with Crippen molar-refractivity contribution in [2.75, 3.05) is 7.05 Å². The summed E-state index contributed by atoms with van der Waals surface area (Å²) in [5, 5.41) is 0. The molecule has 0 spiro atoms. The van der Waals surface area contributed by atoms with Crippen LogP contribution in [0.4, 0.5) is 4.39 Å². The molecule has 0 amide bonds. The van der Waals surface area contributed by atoms with Crippen molar-refractivity contribution in [1.29, 1.82) is 0 Å². The molecule has 2 heterocycles. The SMILES string of the molecule is CN1C2CCC1C(F)C(N)C2. The van der Waals surface area contributed by atoms with Gasteiger partial charge in [0.05, 0.1) is 0 Å². The molecule has 4 unspecified atom stereocenters. The molecule has 2 aliphatic rings. The summed E-state index contributed by atoms with van der Waals surface area (Å²) >= 11 is 0. The third-order valence-electron chi connectivity index (χ3n) is 3.22. The Labute approximate surface area is 66.5 Å². The van der Waals surface area contributed by atoms with Gasteiger partial charge in [-0.05, 0) is 26.3 Å². The second kappa shape index (κ2) is 2.42. The summed E-state index contributed by atoms with van der Waals surface area (Å²) in [6.45, 7) is 0. The molecule has 0 aromatic rings. The first kappa shape index (κ1) is 7.50. The standard InChI is InChI=1S/C8H15FN2/c1-11-5-2-3-7(11)8(9)6(10)4-5/h5-8H,2-4,10H2,1H3. The quantitative estimate of drug-likeness (QED) is 0.557. The van der Waals surface area contributed by atoms with E-state index in [1.54, 1.807) is 0 Å². The molecular weight excluding hydrogens is 143 g/mol. The first-order chi connectivity index (χ1) is 5.20. The summed E-state index contributed by atoms with van der Waals surface area (Å²) in [5.41, 5.74) is 5.66. The van der Waals surface area contributed by atoms with Crippen molar-refractivity contribution in [3.63, 3.8) is 0 Å². The molecule has 0 aromatic heterocycles. The fourth-order valence-electron chi connectivity index (χ4n) is 2.44. The van der Waals surface area contributed by atoms with E-state index in [0.717, 1.165) is 19.3 Å². The summed E-state index contributed by atoms with van der Waals surface area (Å²) in [4.78, 5) is 2.16. The number of alkyl halides is 1. The summed E-state index contributed by atoms with van der Waals surface area (Å²) in [5.74, 6) is 0. The van der Waals surface area contributed by atoms with E-state index in [0.29, 0.717) is 6.04 Å². The molecule has 64 valence electrons. The Morgan fingerprint density at radius 1 is 1.45 bits per heavy atom. The smallest absolute Gasteiger partial charge is 0.131 e. The largest absolute Gasteiger partial charge is 0.325 e. The van der Waals surface area contributed by atoms with Gasteiger partial charge in [0.2, 0.25) is 0 Å². The van der Waals surface area contributed by atoms with Crippen LogP contribution in [0.1, 0.15) is 19.3 Å². The van der Waals surface area contributed by atoms with Gasteiger partial charge in [-0.3, -0.25) is 4.90 Å². The van der Waals surface area contributed by atoms with Gasteiger partial charge in [0, 0.05) is 18.1 Å². The van der Waals surface area contributed by atoms with Crippen molar-refractivity contribution >= 4 is 0 Å². The van der Waals surface area contributed by atoms with E-state index in [-0.39, 0.29) is 12.1 Å². The molecule has 2 bridgehead atoms. The zero-order valence-electron chi connectivity index (χ0n) is 6.83. The van der Waals surface area contributed by atoms with Crippen LogP contribution in [0.5, 0.6) is 0 Å². The third-order valence-corrected chi connectivity index (χ3v) is 3.22. The minimum absolute atomic E-state index is 0.115. The topological polar surface area (TPSA) is 29.3 Å². The van der Waals surface area contributed by atoms with Crippen molar-refractivity contribution in [2.45, 2.75) is 43.6 Å². The van der Waals surface area contributed by atoms with E-state index in [1.807, 2.05) is 7.05 Å². The highest BCUT2D eigenvalue weighted by Gasteiger charge is 2.44. The van der Waals surface area contributed by atoms with E-state index in [9.17, 15) is 4.39 Å². The zero-order chi connectivity index (χ0) is 8.01. The van der Waals surface area contributed by atoms with Crippen LogP contribution in [0, 0.1) is 0 Å². The van der Waals surface area contributed by atoms with Crippen molar-refractivity contribution in [2.24, 2.45) is 5.73 Å². The van der Waals surface area contributed by atoms with Crippen LogP contribution in [0.2, 0.25) is 0 Å². The Morgan fingerprint density at radius 2 is 2.18 bits per heavy atom. The molecule has 2 N–H and O–H groups in total. The maximum Gasteiger partial charge on any atom is 0.131 e. The summed E-state index contributed by atoms with van der Waals surface area (Å²) < 4.78 is 13.4. The van der Waals surface area contributed by atoms with E-state index in [4.69, 9.17) is 5.73 Å². The van der Waals surface area contributed by atoms with Crippen molar-refractivity contribution in [3.8, 4) is 0 Å². The molecular formula is C8H15FN2. The molecule has 3 heteroatoms. The highest BCUT2D eigenvalue weighted by Crippen LogP contribution is 2.35. The average Bonchev–Trinajstić information content (AvgIpc) is 2.23.